The van der Waals surface area contributed by atoms with Crippen LogP contribution in [0, 0.1) is 5.92 Å². The number of hydrogen-bond acceptors (Lipinski definition) is 4. The zero-order chi connectivity index (χ0) is 20.3. The normalized spacial score (nSPS) is 14.8. The van der Waals surface area contributed by atoms with E-state index in [0.29, 0.717) is 50.1 Å². The lowest BCUT2D eigenvalue weighted by atomic mass is 10.0. The summed E-state index contributed by atoms with van der Waals surface area (Å²) in [4.78, 5) is 33.2. The number of thiazole rings is 1. The van der Waals surface area contributed by atoms with Crippen LogP contribution in [-0.4, -0.2) is 52.8 Å². The minimum Gasteiger partial charge on any atom is -0.339 e. The van der Waals surface area contributed by atoms with Gasteiger partial charge in [0.15, 0.2) is 0 Å². The van der Waals surface area contributed by atoms with Crippen LogP contribution in [0.25, 0.3) is 10.6 Å². The van der Waals surface area contributed by atoms with Gasteiger partial charge in [-0.1, -0.05) is 52.0 Å². The van der Waals surface area contributed by atoms with Crippen molar-refractivity contribution >= 4 is 23.2 Å². The third-order valence-electron chi connectivity index (χ3n) is 5.05. The van der Waals surface area contributed by atoms with E-state index >= 15 is 0 Å². The molecule has 2 heterocycles. The van der Waals surface area contributed by atoms with Crippen LogP contribution >= 0.6 is 11.3 Å². The minimum atomic E-state index is -0.0442. The Morgan fingerprint density at radius 1 is 1.00 bits per heavy atom. The predicted molar refractivity (Wildman–Crippen MR) is 114 cm³/mol. The van der Waals surface area contributed by atoms with Crippen LogP contribution in [-0.2, 0) is 4.79 Å². The Morgan fingerprint density at radius 3 is 2.18 bits per heavy atom. The maximum atomic E-state index is 12.8. The van der Waals surface area contributed by atoms with Gasteiger partial charge in [-0.05, 0) is 17.4 Å². The zero-order valence-electron chi connectivity index (χ0n) is 17.1. The monoisotopic (exact) mass is 399 g/mol. The fourth-order valence-electron chi connectivity index (χ4n) is 3.31. The highest BCUT2D eigenvalue weighted by Gasteiger charge is 2.26. The average Bonchev–Trinajstić information content (AvgIpc) is 3.17. The lowest BCUT2D eigenvalue weighted by Crippen LogP contribution is -2.50. The number of amides is 2. The number of aromatic nitrogens is 1. The molecule has 0 saturated carbocycles. The number of nitrogens with zero attached hydrogens (tertiary/aromatic N) is 3. The van der Waals surface area contributed by atoms with Crippen molar-refractivity contribution in [3.63, 3.8) is 0 Å². The van der Waals surface area contributed by atoms with Crippen molar-refractivity contribution in [3.8, 4) is 10.6 Å². The summed E-state index contributed by atoms with van der Waals surface area (Å²) < 4.78 is 0. The van der Waals surface area contributed by atoms with Gasteiger partial charge in [-0.25, -0.2) is 4.98 Å². The van der Waals surface area contributed by atoms with Crippen molar-refractivity contribution in [3.05, 3.63) is 40.9 Å². The molecule has 1 saturated heterocycles. The first-order valence-corrected chi connectivity index (χ1v) is 10.9. The highest BCUT2D eigenvalue weighted by molar-refractivity contribution is 7.13. The summed E-state index contributed by atoms with van der Waals surface area (Å²) in [5.74, 6) is 0.990. The second kappa shape index (κ2) is 8.86. The minimum absolute atomic E-state index is 0.0442. The van der Waals surface area contributed by atoms with Crippen molar-refractivity contribution in [1.29, 1.82) is 0 Å². The molecule has 2 amide bonds. The SMILES string of the molecule is CC(C)CC(=O)N1CCN(C(=O)c2csc(-c3ccc(C(C)C)cc3)n2)CC1. The molecule has 1 aliphatic heterocycles. The molecule has 0 aliphatic carbocycles. The van der Waals surface area contributed by atoms with Crippen LogP contribution in [0.1, 0.15) is 56.1 Å². The van der Waals surface area contributed by atoms with Gasteiger partial charge in [-0.3, -0.25) is 9.59 Å². The molecular weight excluding hydrogens is 370 g/mol. The largest absolute Gasteiger partial charge is 0.339 e. The van der Waals surface area contributed by atoms with Crippen LogP contribution in [0.2, 0.25) is 0 Å². The summed E-state index contributed by atoms with van der Waals surface area (Å²) in [6, 6.07) is 8.38. The van der Waals surface area contributed by atoms with E-state index in [2.05, 4.69) is 43.1 Å². The molecule has 1 fully saturated rings. The van der Waals surface area contributed by atoms with Crippen LogP contribution in [0.3, 0.4) is 0 Å². The Balaban J connectivity index is 1.61. The van der Waals surface area contributed by atoms with Gasteiger partial charge in [0.2, 0.25) is 5.91 Å². The molecule has 0 bridgehead atoms. The summed E-state index contributed by atoms with van der Waals surface area (Å²) in [5.41, 5.74) is 2.83. The number of carbonyl (C=O) groups excluding carboxylic acids is 2. The van der Waals surface area contributed by atoms with Gasteiger partial charge in [0, 0.05) is 43.5 Å². The van der Waals surface area contributed by atoms with E-state index in [0.717, 1.165) is 10.6 Å². The van der Waals surface area contributed by atoms with Crippen LogP contribution in [0.4, 0.5) is 0 Å². The molecule has 1 aromatic carbocycles. The Labute approximate surface area is 171 Å². The highest BCUT2D eigenvalue weighted by Crippen LogP contribution is 2.26. The molecule has 0 spiro atoms. The summed E-state index contributed by atoms with van der Waals surface area (Å²) in [7, 11) is 0. The van der Waals surface area contributed by atoms with Gasteiger partial charge in [0.1, 0.15) is 10.7 Å². The van der Waals surface area contributed by atoms with Gasteiger partial charge in [0.25, 0.3) is 5.91 Å². The van der Waals surface area contributed by atoms with Gasteiger partial charge in [-0.2, -0.15) is 0 Å². The summed E-state index contributed by atoms with van der Waals surface area (Å²) in [6.07, 6.45) is 0.568. The lowest BCUT2D eigenvalue weighted by Gasteiger charge is -2.34. The summed E-state index contributed by atoms with van der Waals surface area (Å²) in [5, 5.41) is 2.70. The summed E-state index contributed by atoms with van der Waals surface area (Å²) >= 11 is 1.50. The van der Waals surface area contributed by atoms with Crippen molar-refractivity contribution in [1.82, 2.24) is 14.8 Å². The molecule has 1 aromatic heterocycles. The smallest absolute Gasteiger partial charge is 0.273 e. The number of piperazine rings is 1. The molecule has 0 atom stereocenters. The first-order valence-electron chi connectivity index (χ1n) is 9.98. The predicted octanol–water partition coefficient (Wildman–Crippen LogP) is 4.26. The van der Waals surface area contributed by atoms with E-state index in [4.69, 9.17) is 0 Å². The highest BCUT2D eigenvalue weighted by atomic mass is 32.1. The quantitative estimate of drug-likeness (QED) is 0.755. The number of benzene rings is 1. The molecule has 1 aliphatic rings. The first kappa shape index (κ1) is 20.5. The number of rotatable bonds is 5. The van der Waals surface area contributed by atoms with Crippen molar-refractivity contribution in [2.75, 3.05) is 26.2 Å². The topological polar surface area (TPSA) is 53.5 Å². The van der Waals surface area contributed by atoms with Crippen LogP contribution in [0.5, 0.6) is 0 Å². The molecule has 5 nitrogen and oxygen atoms in total. The van der Waals surface area contributed by atoms with Crippen LogP contribution in [0.15, 0.2) is 29.6 Å². The molecule has 2 aromatic rings. The Kier molecular flexibility index (Phi) is 6.50. The molecule has 150 valence electrons. The fraction of sp³-hybridized carbons (Fsp3) is 0.500. The Bertz CT molecular complexity index is 819. The van der Waals surface area contributed by atoms with Crippen molar-refractivity contribution in [2.45, 2.75) is 40.0 Å². The molecule has 6 heteroatoms. The van der Waals surface area contributed by atoms with Gasteiger partial charge in [-0.15, -0.1) is 11.3 Å². The molecular formula is C22H29N3O2S. The average molecular weight is 400 g/mol. The van der Waals surface area contributed by atoms with Crippen LogP contribution < -0.4 is 0 Å². The van der Waals surface area contributed by atoms with E-state index < -0.39 is 0 Å². The maximum absolute atomic E-state index is 12.8. The molecule has 0 unspecified atom stereocenters. The Hall–Kier alpha value is -2.21. The van der Waals surface area contributed by atoms with E-state index in [1.807, 2.05) is 24.1 Å². The van der Waals surface area contributed by atoms with Gasteiger partial charge >= 0.3 is 0 Å². The van der Waals surface area contributed by atoms with Crippen molar-refractivity contribution in [2.24, 2.45) is 5.92 Å². The number of carbonyl (C=O) groups is 2. The molecule has 0 N–H and O–H groups in total. The second-order valence-corrected chi connectivity index (χ2v) is 8.94. The molecule has 28 heavy (non-hydrogen) atoms. The van der Waals surface area contributed by atoms with E-state index in [-0.39, 0.29) is 11.8 Å². The maximum Gasteiger partial charge on any atom is 0.273 e. The van der Waals surface area contributed by atoms with E-state index in [9.17, 15) is 9.59 Å². The van der Waals surface area contributed by atoms with Gasteiger partial charge in [0.05, 0.1) is 0 Å². The van der Waals surface area contributed by atoms with E-state index in [1.54, 1.807) is 4.90 Å². The second-order valence-electron chi connectivity index (χ2n) is 8.09. The molecule has 3 rings (SSSR count). The zero-order valence-corrected chi connectivity index (χ0v) is 18.0. The van der Waals surface area contributed by atoms with Crippen molar-refractivity contribution < 1.29 is 9.59 Å². The number of hydrogen-bond donors (Lipinski definition) is 0. The third kappa shape index (κ3) is 4.79. The Morgan fingerprint density at radius 2 is 1.61 bits per heavy atom. The third-order valence-corrected chi connectivity index (χ3v) is 5.94. The fourth-order valence-corrected chi connectivity index (χ4v) is 4.11. The molecule has 0 radical (unpaired) electrons. The standard InChI is InChI=1S/C22H29N3O2S/c1-15(2)13-20(26)24-9-11-25(12-10-24)22(27)19-14-28-21(23-19)18-7-5-17(6-8-18)16(3)4/h5-8,14-16H,9-13H2,1-4H3. The summed E-state index contributed by atoms with van der Waals surface area (Å²) in [6.45, 7) is 10.8. The van der Waals surface area contributed by atoms with Gasteiger partial charge < -0.3 is 9.80 Å². The first-order chi connectivity index (χ1) is 13.3. The van der Waals surface area contributed by atoms with E-state index in [1.165, 1.54) is 16.9 Å². The lowest BCUT2D eigenvalue weighted by molar-refractivity contribution is -0.133.